The molecular weight excluding hydrogens is 174 g/mol. The molecule has 0 aromatic rings. The highest BCUT2D eigenvalue weighted by molar-refractivity contribution is 4.89. The summed E-state index contributed by atoms with van der Waals surface area (Å²) in [7, 11) is 0. The average molecular weight is 199 g/mol. The van der Waals surface area contributed by atoms with Gasteiger partial charge < -0.3 is 10.4 Å². The Morgan fingerprint density at radius 3 is 2.79 bits per heavy atom. The largest absolute Gasteiger partial charge is 0.390 e. The molecule has 0 spiro atoms. The first-order valence-electron chi connectivity index (χ1n) is 6.02. The van der Waals surface area contributed by atoms with Crippen LogP contribution in [0.25, 0.3) is 0 Å². The molecule has 0 amide bonds. The molecule has 0 aliphatic carbocycles. The van der Waals surface area contributed by atoms with Crippen molar-refractivity contribution in [2.24, 2.45) is 11.8 Å². The monoisotopic (exact) mass is 199 g/mol. The molecule has 0 radical (unpaired) electrons. The molecule has 3 atom stereocenters. The predicted octanol–water partition coefficient (Wildman–Crippen LogP) is 2.17. The molecule has 2 N–H and O–H groups in total. The topological polar surface area (TPSA) is 32.3 Å². The van der Waals surface area contributed by atoms with Gasteiger partial charge in [-0.2, -0.15) is 0 Å². The van der Waals surface area contributed by atoms with Gasteiger partial charge in [0.1, 0.15) is 0 Å². The Morgan fingerprint density at radius 2 is 2.29 bits per heavy atom. The molecule has 1 aliphatic rings. The first-order valence-corrected chi connectivity index (χ1v) is 6.02. The van der Waals surface area contributed by atoms with Gasteiger partial charge in [-0.1, -0.05) is 20.3 Å². The maximum Gasteiger partial charge on any atom is 0.0685 e. The van der Waals surface area contributed by atoms with Gasteiger partial charge in [-0.15, -0.1) is 0 Å². The minimum Gasteiger partial charge on any atom is -0.390 e. The van der Waals surface area contributed by atoms with Gasteiger partial charge in [-0.05, 0) is 38.6 Å². The summed E-state index contributed by atoms with van der Waals surface area (Å²) in [5, 5.41) is 13.9. The van der Waals surface area contributed by atoms with Crippen LogP contribution in [0.4, 0.5) is 0 Å². The van der Waals surface area contributed by atoms with Crippen molar-refractivity contribution in [2.75, 3.05) is 13.1 Å². The van der Waals surface area contributed by atoms with Gasteiger partial charge >= 0.3 is 0 Å². The second-order valence-electron chi connectivity index (χ2n) is 4.96. The standard InChI is InChI=1S/C12H25NO/c1-4-6-10(2)12(3,14)11-7-5-8-13-9-11/h10-11,13-14H,4-9H2,1-3H3. The van der Waals surface area contributed by atoms with Crippen LogP contribution >= 0.6 is 0 Å². The van der Waals surface area contributed by atoms with Crippen LogP contribution in [0.5, 0.6) is 0 Å². The van der Waals surface area contributed by atoms with E-state index in [1.165, 1.54) is 12.8 Å². The zero-order valence-corrected chi connectivity index (χ0v) is 9.84. The van der Waals surface area contributed by atoms with E-state index in [0.717, 1.165) is 25.9 Å². The minimum absolute atomic E-state index is 0.414. The van der Waals surface area contributed by atoms with Crippen molar-refractivity contribution < 1.29 is 5.11 Å². The van der Waals surface area contributed by atoms with Crippen molar-refractivity contribution in [2.45, 2.75) is 52.1 Å². The molecule has 0 aromatic heterocycles. The van der Waals surface area contributed by atoms with E-state index in [9.17, 15) is 5.11 Å². The molecule has 0 bridgehead atoms. The Bertz CT molecular complexity index is 162. The fraction of sp³-hybridized carbons (Fsp3) is 1.00. The molecule has 0 aromatic carbocycles. The third-order valence-electron chi connectivity index (χ3n) is 3.84. The number of piperidine rings is 1. The zero-order chi connectivity index (χ0) is 10.6. The van der Waals surface area contributed by atoms with Crippen LogP contribution in [-0.4, -0.2) is 23.8 Å². The zero-order valence-electron chi connectivity index (χ0n) is 9.84. The lowest BCUT2D eigenvalue weighted by Crippen LogP contribution is -2.48. The van der Waals surface area contributed by atoms with Crippen LogP contribution in [0.1, 0.15) is 46.5 Å². The Balaban J connectivity index is 2.52. The van der Waals surface area contributed by atoms with Crippen LogP contribution in [0, 0.1) is 11.8 Å². The summed E-state index contributed by atoms with van der Waals surface area (Å²) in [6.45, 7) is 8.49. The van der Waals surface area contributed by atoms with Crippen LogP contribution in [0.2, 0.25) is 0 Å². The Kier molecular flexibility index (Phi) is 4.39. The van der Waals surface area contributed by atoms with Crippen LogP contribution in [0.15, 0.2) is 0 Å². The van der Waals surface area contributed by atoms with E-state index in [4.69, 9.17) is 0 Å². The van der Waals surface area contributed by atoms with E-state index >= 15 is 0 Å². The Hall–Kier alpha value is -0.0800. The van der Waals surface area contributed by atoms with E-state index in [0.29, 0.717) is 11.8 Å². The predicted molar refractivity (Wildman–Crippen MR) is 60.3 cm³/mol. The molecule has 14 heavy (non-hydrogen) atoms. The molecule has 2 nitrogen and oxygen atoms in total. The van der Waals surface area contributed by atoms with Gasteiger partial charge in [0.25, 0.3) is 0 Å². The van der Waals surface area contributed by atoms with Crippen molar-refractivity contribution in [1.29, 1.82) is 0 Å². The summed E-state index contributed by atoms with van der Waals surface area (Å²) in [5.74, 6) is 0.857. The van der Waals surface area contributed by atoms with E-state index in [1.807, 2.05) is 6.92 Å². The summed E-state index contributed by atoms with van der Waals surface area (Å²) in [4.78, 5) is 0. The highest BCUT2D eigenvalue weighted by atomic mass is 16.3. The lowest BCUT2D eigenvalue weighted by molar-refractivity contribution is -0.0578. The van der Waals surface area contributed by atoms with E-state index in [2.05, 4.69) is 19.2 Å². The van der Waals surface area contributed by atoms with Crippen molar-refractivity contribution in [3.05, 3.63) is 0 Å². The SMILES string of the molecule is CCCC(C)C(C)(O)C1CCCNC1. The molecule has 1 fully saturated rings. The van der Waals surface area contributed by atoms with E-state index in [-0.39, 0.29) is 0 Å². The molecule has 0 saturated carbocycles. The maximum absolute atomic E-state index is 10.5. The Labute approximate surface area is 88.1 Å². The molecular formula is C12H25NO. The van der Waals surface area contributed by atoms with Crippen LogP contribution < -0.4 is 5.32 Å². The van der Waals surface area contributed by atoms with Gasteiger partial charge in [-0.3, -0.25) is 0 Å². The molecule has 2 heteroatoms. The van der Waals surface area contributed by atoms with E-state index in [1.54, 1.807) is 0 Å². The fourth-order valence-electron chi connectivity index (χ4n) is 2.48. The number of nitrogens with one attached hydrogen (secondary N) is 1. The normalized spacial score (nSPS) is 29.6. The van der Waals surface area contributed by atoms with Gasteiger partial charge in [-0.25, -0.2) is 0 Å². The molecule has 3 unspecified atom stereocenters. The van der Waals surface area contributed by atoms with Crippen molar-refractivity contribution >= 4 is 0 Å². The fourth-order valence-corrected chi connectivity index (χ4v) is 2.48. The van der Waals surface area contributed by atoms with Crippen molar-refractivity contribution in [3.8, 4) is 0 Å². The third-order valence-corrected chi connectivity index (χ3v) is 3.84. The van der Waals surface area contributed by atoms with Crippen LogP contribution in [0.3, 0.4) is 0 Å². The van der Waals surface area contributed by atoms with Gasteiger partial charge in [0.15, 0.2) is 0 Å². The molecule has 84 valence electrons. The highest BCUT2D eigenvalue weighted by Crippen LogP contribution is 2.32. The summed E-state index contributed by atoms with van der Waals surface area (Å²) in [6, 6.07) is 0. The first-order chi connectivity index (χ1) is 6.59. The smallest absolute Gasteiger partial charge is 0.0685 e. The highest BCUT2D eigenvalue weighted by Gasteiger charge is 2.36. The van der Waals surface area contributed by atoms with Crippen LogP contribution in [-0.2, 0) is 0 Å². The van der Waals surface area contributed by atoms with Gasteiger partial charge in [0, 0.05) is 12.5 Å². The molecule has 1 aliphatic heterocycles. The summed E-state index contributed by atoms with van der Waals surface area (Å²) >= 11 is 0. The summed E-state index contributed by atoms with van der Waals surface area (Å²) < 4.78 is 0. The number of hydrogen-bond acceptors (Lipinski definition) is 2. The van der Waals surface area contributed by atoms with Gasteiger partial charge in [0.2, 0.25) is 0 Å². The molecule has 1 saturated heterocycles. The average Bonchev–Trinajstić information content (AvgIpc) is 2.19. The third kappa shape index (κ3) is 2.71. The molecule has 1 rings (SSSR count). The number of hydrogen-bond donors (Lipinski definition) is 2. The van der Waals surface area contributed by atoms with Gasteiger partial charge in [0.05, 0.1) is 5.60 Å². The minimum atomic E-state index is -0.483. The molecule has 1 heterocycles. The second-order valence-corrected chi connectivity index (χ2v) is 4.96. The lowest BCUT2D eigenvalue weighted by atomic mass is 9.74. The van der Waals surface area contributed by atoms with E-state index < -0.39 is 5.60 Å². The number of aliphatic hydroxyl groups is 1. The second kappa shape index (κ2) is 5.13. The maximum atomic E-state index is 10.5. The lowest BCUT2D eigenvalue weighted by Gasteiger charge is -2.40. The number of rotatable bonds is 4. The Morgan fingerprint density at radius 1 is 1.57 bits per heavy atom. The summed E-state index contributed by atoms with van der Waals surface area (Å²) in [6.07, 6.45) is 4.68. The van der Waals surface area contributed by atoms with Crippen molar-refractivity contribution in [3.63, 3.8) is 0 Å². The first kappa shape index (κ1) is 12.0. The van der Waals surface area contributed by atoms with Crippen molar-refractivity contribution in [1.82, 2.24) is 5.32 Å². The quantitative estimate of drug-likeness (QED) is 0.727. The summed E-state index contributed by atoms with van der Waals surface area (Å²) in [5.41, 5.74) is -0.483.